The van der Waals surface area contributed by atoms with E-state index in [1.807, 2.05) is 0 Å². The van der Waals surface area contributed by atoms with Gasteiger partial charge in [0.05, 0.1) is 0 Å². The highest BCUT2D eigenvalue weighted by Gasteiger charge is 2.13. The lowest BCUT2D eigenvalue weighted by Gasteiger charge is -1.80. The van der Waals surface area contributed by atoms with Gasteiger partial charge in [0.1, 0.15) is 0 Å². The van der Waals surface area contributed by atoms with Gasteiger partial charge in [0.2, 0.25) is 0 Å². The van der Waals surface area contributed by atoms with Crippen LogP contribution in [0.15, 0.2) is 0 Å². The SMILES string of the molecule is CC(C)O.[Mg+2][Br]. The fourth-order valence-corrected chi connectivity index (χ4v) is 0. The molecule has 0 bridgehead atoms. The molecule has 0 aromatic rings. The number of aliphatic hydroxyl groups excluding tert-OH is 1. The van der Waals surface area contributed by atoms with Crippen LogP contribution in [-0.4, -0.2) is 30.7 Å². The zero-order valence-electron chi connectivity index (χ0n) is 4.11. The minimum Gasteiger partial charge on any atom is -0.394 e. The van der Waals surface area contributed by atoms with Crippen molar-refractivity contribution >= 4 is 32.4 Å². The van der Waals surface area contributed by atoms with Crippen LogP contribution in [0, 0.1) is 0 Å². The van der Waals surface area contributed by atoms with Gasteiger partial charge in [-0.1, -0.05) is 0 Å². The lowest BCUT2D eigenvalue weighted by Crippen LogP contribution is -1.85. The Balaban J connectivity index is 0. The average Bonchev–Trinajstić information content (AvgIpc) is 1.41. The second-order valence-electron chi connectivity index (χ2n) is 1.09. The number of aliphatic hydroxyl groups is 1. The van der Waals surface area contributed by atoms with E-state index < -0.39 is 0 Å². The number of hydrogen-bond donors (Lipinski definition) is 1. The fraction of sp³-hybridized carbons (Fsp3) is 1.00. The van der Waals surface area contributed by atoms with Crippen LogP contribution >= 0.6 is 12.9 Å². The van der Waals surface area contributed by atoms with Gasteiger partial charge in [0.15, 0.2) is 0 Å². The van der Waals surface area contributed by atoms with E-state index in [1.165, 1.54) is 0 Å². The van der Waals surface area contributed by atoms with Gasteiger partial charge in [-0.25, -0.2) is 0 Å². The van der Waals surface area contributed by atoms with E-state index >= 15 is 0 Å². The Kier molecular flexibility index (Phi) is 16.2. The molecule has 0 saturated carbocycles. The summed E-state index contributed by atoms with van der Waals surface area (Å²) in [6.45, 7) is 3.44. The van der Waals surface area contributed by atoms with Crippen molar-refractivity contribution in [3.05, 3.63) is 0 Å². The van der Waals surface area contributed by atoms with Crippen molar-refractivity contribution in [3.63, 3.8) is 0 Å². The highest BCUT2D eigenvalue weighted by Crippen LogP contribution is 1.65. The predicted molar refractivity (Wildman–Crippen MR) is 32.0 cm³/mol. The van der Waals surface area contributed by atoms with E-state index in [-0.39, 0.29) is 6.10 Å². The Morgan fingerprint density at radius 3 is 1.50 bits per heavy atom. The molecule has 0 fully saturated rings. The highest BCUT2D eigenvalue weighted by atomic mass is 79.9. The third-order valence-corrected chi connectivity index (χ3v) is 0. The molecule has 0 aromatic heterocycles. The molecule has 0 amide bonds. The molecule has 0 spiro atoms. The first-order valence-electron chi connectivity index (χ1n) is 1.68. The summed E-state index contributed by atoms with van der Waals surface area (Å²) in [5, 5.41) is 8.06. The lowest BCUT2D eigenvalue weighted by atomic mass is 10.5. The van der Waals surface area contributed by atoms with Gasteiger partial charge in [-0.15, -0.1) is 0 Å². The molecule has 0 aliphatic carbocycles. The van der Waals surface area contributed by atoms with Crippen molar-refractivity contribution in [1.29, 1.82) is 0 Å². The van der Waals surface area contributed by atoms with Crippen molar-refractivity contribution < 1.29 is 5.11 Å². The summed E-state index contributed by atoms with van der Waals surface area (Å²) in [5.74, 6) is 0. The van der Waals surface area contributed by atoms with E-state index in [4.69, 9.17) is 5.11 Å². The molecule has 1 nitrogen and oxygen atoms in total. The Morgan fingerprint density at radius 1 is 1.50 bits per heavy atom. The van der Waals surface area contributed by atoms with Crippen LogP contribution in [0.5, 0.6) is 0 Å². The van der Waals surface area contributed by atoms with Crippen molar-refractivity contribution in [1.82, 2.24) is 0 Å². The molecule has 33 valence electrons. The zero-order valence-corrected chi connectivity index (χ0v) is 7.11. The summed E-state index contributed by atoms with van der Waals surface area (Å²) in [4.78, 5) is 0. The zero-order chi connectivity index (χ0) is 5.58. The minimum atomic E-state index is -0.167. The molecule has 3 heteroatoms. The van der Waals surface area contributed by atoms with Crippen LogP contribution in [0.25, 0.3) is 0 Å². The van der Waals surface area contributed by atoms with Crippen molar-refractivity contribution in [2.24, 2.45) is 0 Å². The standard InChI is InChI=1S/C3H8O.BrH.Mg/c1-3(2)4;;/h3-4H,1-2H3;1H;/q;;+3/p-1. The van der Waals surface area contributed by atoms with Crippen LogP contribution < -0.4 is 0 Å². The monoisotopic (exact) mass is 163 g/mol. The fourth-order valence-electron chi connectivity index (χ4n) is 0. The van der Waals surface area contributed by atoms with Gasteiger partial charge in [-0.2, -0.15) is 0 Å². The summed E-state index contributed by atoms with van der Waals surface area (Å²) in [6.07, 6.45) is -0.167. The van der Waals surface area contributed by atoms with Crippen LogP contribution in [0.4, 0.5) is 0 Å². The second kappa shape index (κ2) is 9.51. The molecule has 0 unspecified atom stereocenters. The van der Waals surface area contributed by atoms with Gasteiger partial charge >= 0.3 is 32.4 Å². The van der Waals surface area contributed by atoms with Crippen LogP contribution in [0.1, 0.15) is 13.8 Å². The maximum Gasteiger partial charge on any atom is 1.52 e. The van der Waals surface area contributed by atoms with E-state index in [2.05, 4.69) is 12.9 Å². The van der Waals surface area contributed by atoms with Crippen LogP contribution in [0.2, 0.25) is 0 Å². The Hall–Kier alpha value is 1.21. The molecule has 0 saturated heterocycles. The first-order chi connectivity index (χ1) is 2.73. The van der Waals surface area contributed by atoms with Gasteiger partial charge in [-0.3, -0.25) is 0 Å². The molecule has 0 aliphatic rings. The molecule has 0 rings (SSSR count). The van der Waals surface area contributed by atoms with Crippen molar-refractivity contribution in [2.45, 2.75) is 20.0 Å². The highest BCUT2D eigenvalue weighted by molar-refractivity contribution is 9.22. The maximum atomic E-state index is 8.06. The third-order valence-electron chi connectivity index (χ3n) is 0. The third kappa shape index (κ3) is 63.3. The molecule has 0 aliphatic heterocycles. The molecular weight excluding hydrogens is 156 g/mol. The topological polar surface area (TPSA) is 20.2 Å². The number of halogens is 1. The Labute approximate surface area is 57.4 Å². The predicted octanol–water partition coefficient (Wildman–Crippen LogP) is 0.852. The quantitative estimate of drug-likeness (QED) is 0.526. The largest absolute Gasteiger partial charge is 1.52 e. The Bertz CT molecular complexity index is 15.5. The average molecular weight is 164 g/mol. The van der Waals surface area contributed by atoms with E-state index in [0.29, 0.717) is 0 Å². The van der Waals surface area contributed by atoms with E-state index in [9.17, 15) is 0 Å². The second-order valence-corrected chi connectivity index (χ2v) is 1.09. The number of hydrogen-bond acceptors (Lipinski definition) is 1. The first kappa shape index (κ1) is 10.2. The summed E-state index contributed by atoms with van der Waals surface area (Å²) < 4.78 is 0. The molecule has 0 heterocycles. The summed E-state index contributed by atoms with van der Waals surface area (Å²) in [5.41, 5.74) is 0. The Morgan fingerprint density at radius 2 is 1.50 bits per heavy atom. The first-order valence-corrected chi connectivity index (χ1v) is 5.58. The van der Waals surface area contributed by atoms with E-state index in [1.54, 1.807) is 33.4 Å². The molecule has 1 N–H and O–H groups in total. The van der Waals surface area contributed by atoms with Crippen LogP contribution in [0.3, 0.4) is 0 Å². The van der Waals surface area contributed by atoms with E-state index in [0.717, 1.165) is 0 Å². The van der Waals surface area contributed by atoms with Crippen LogP contribution in [-0.2, 0) is 0 Å². The normalized spacial score (nSPS) is 7.00. The molecular formula is C3H8BrMgO+2. The van der Waals surface area contributed by atoms with Crippen molar-refractivity contribution in [3.8, 4) is 0 Å². The van der Waals surface area contributed by atoms with Gasteiger partial charge in [-0.05, 0) is 13.8 Å². The van der Waals surface area contributed by atoms with Crippen molar-refractivity contribution in [2.75, 3.05) is 0 Å². The van der Waals surface area contributed by atoms with Gasteiger partial charge in [0.25, 0.3) is 0 Å². The molecule has 0 aromatic carbocycles. The molecule has 0 atom stereocenters. The minimum absolute atomic E-state index is 0.167. The summed E-state index contributed by atoms with van der Waals surface area (Å²) in [7, 11) is 0. The smallest absolute Gasteiger partial charge is 0.394 e. The summed E-state index contributed by atoms with van der Waals surface area (Å²) >= 11 is 4.64. The molecule has 6 heavy (non-hydrogen) atoms. The van der Waals surface area contributed by atoms with Gasteiger partial charge in [0, 0.05) is 6.10 Å². The maximum absolute atomic E-state index is 8.06. The lowest BCUT2D eigenvalue weighted by molar-refractivity contribution is 0.216. The summed E-state index contributed by atoms with van der Waals surface area (Å²) in [6, 6.07) is 0. The van der Waals surface area contributed by atoms with Gasteiger partial charge < -0.3 is 5.11 Å². The molecule has 7 radical (unpaired) electrons. The number of rotatable bonds is 0.